The van der Waals surface area contributed by atoms with Crippen LogP contribution >= 0.6 is 15.9 Å². The molecule has 5 heteroatoms. The lowest BCUT2D eigenvalue weighted by molar-refractivity contribution is 0.0110. The number of hydroxylamine groups is 2. The van der Waals surface area contributed by atoms with Gasteiger partial charge in [-0.3, -0.25) is 10.6 Å². The highest BCUT2D eigenvalue weighted by Crippen LogP contribution is 2.34. The first-order chi connectivity index (χ1) is 6.52. The zero-order valence-corrected chi connectivity index (χ0v) is 9.32. The Morgan fingerprint density at radius 1 is 1.50 bits per heavy atom. The van der Waals surface area contributed by atoms with Gasteiger partial charge in [0, 0.05) is 7.05 Å². The molecule has 0 fully saturated rings. The largest absolute Gasteiger partial charge is 0.368 e. The fourth-order valence-electron chi connectivity index (χ4n) is 1.03. The quantitative estimate of drug-likeness (QED) is 0.266. The molecule has 0 amide bonds. The summed E-state index contributed by atoms with van der Waals surface area (Å²) in [6, 6.07) is 0. The number of hydrogen-bond donors (Lipinski definition) is 3. The highest BCUT2D eigenvalue weighted by molar-refractivity contribution is 9.09. The predicted octanol–water partition coefficient (Wildman–Crippen LogP) is 1.39. The first-order valence-electron chi connectivity index (χ1n) is 4.03. The maximum Gasteiger partial charge on any atom is 0.212 e. The Hall–Kier alpha value is -1.07. The van der Waals surface area contributed by atoms with Crippen molar-refractivity contribution in [2.75, 3.05) is 7.05 Å². The van der Waals surface area contributed by atoms with E-state index < -0.39 is 0 Å². The molecule has 0 saturated heterocycles. The number of nitrogens with one attached hydrogen (secondary N) is 1. The molecule has 4 nitrogen and oxygen atoms in total. The molecule has 2 bridgehead atoms. The van der Waals surface area contributed by atoms with Crippen LogP contribution in [0.3, 0.4) is 0 Å². The zero-order valence-electron chi connectivity index (χ0n) is 7.74. The molecule has 76 valence electrons. The van der Waals surface area contributed by atoms with E-state index in [-0.39, 0.29) is 5.96 Å². The van der Waals surface area contributed by atoms with E-state index in [9.17, 15) is 0 Å². The summed E-state index contributed by atoms with van der Waals surface area (Å²) in [7, 11) is 1.28. The molecule has 0 aromatic carbocycles. The number of allylic oxidation sites excluding steroid dienone is 6. The van der Waals surface area contributed by atoms with Crippen molar-refractivity contribution in [1.29, 1.82) is 5.41 Å². The molecule has 0 saturated carbocycles. The van der Waals surface area contributed by atoms with Gasteiger partial charge in [0.2, 0.25) is 5.96 Å². The van der Waals surface area contributed by atoms with Crippen molar-refractivity contribution in [2.45, 2.75) is 4.83 Å². The molecular formula is C9H12BrN3O. The smallest absolute Gasteiger partial charge is 0.212 e. The normalized spacial score (nSPS) is 17.1. The molecule has 0 atom stereocenters. The van der Waals surface area contributed by atoms with E-state index in [1.54, 1.807) is 0 Å². The van der Waals surface area contributed by atoms with Crippen molar-refractivity contribution in [3.63, 3.8) is 0 Å². The van der Waals surface area contributed by atoms with Crippen LogP contribution in [0.25, 0.3) is 0 Å². The van der Waals surface area contributed by atoms with Gasteiger partial charge in [0.25, 0.3) is 0 Å². The number of hydrogen-bond acceptors (Lipinski definition) is 2. The van der Waals surface area contributed by atoms with Gasteiger partial charge in [-0.25, -0.2) is 5.06 Å². The molecule has 0 aliphatic heterocycles. The van der Waals surface area contributed by atoms with Crippen molar-refractivity contribution < 1.29 is 5.21 Å². The van der Waals surface area contributed by atoms with Crippen LogP contribution in [0.2, 0.25) is 0 Å². The summed E-state index contributed by atoms with van der Waals surface area (Å²) >= 11 is 3.53. The molecule has 14 heavy (non-hydrogen) atoms. The summed E-state index contributed by atoms with van der Waals surface area (Å²) in [5, 5.41) is 15.0. The van der Waals surface area contributed by atoms with Gasteiger partial charge in [-0.15, -0.1) is 0 Å². The number of guanidine groups is 1. The summed E-state index contributed by atoms with van der Waals surface area (Å²) in [5.41, 5.74) is 7.47. The minimum Gasteiger partial charge on any atom is -0.368 e. The van der Waals surface area contributed by atoms with Gasteiger partial charge in [0.1, 0.15) is 0 Å². The van der Waals surface area contributed by atoms with E-state index >= 15 is 0 Å². The summed E-state index contributed by atoms with van der Waals surface area (Å²) in [6.07, 6.45) is 8.59. The molecule has 0 heterocycles. The fraction of sp³-hybridized carbons (Fsp3) is 0.222. The second kappa shape index (κ2) is 4.43. The van der Waals surface area contributed by atoms with Crippen LogP contribution in [0.5, 0.6) is 0 Å². The lowest BCUT2D eigenvalue weighted by Crippen LogP contribution is -2.29. The van der Waals surface area contributed by atoms with Crippen LogP contribution in [0.1, 0.15) is 0 Å². The van der Waals surface area contributed by atoms with Crippen molar-refractivity contribution in [3.05, 3.63) is 35.5 Å². The monoisotopic (exact) mass is 257 g/mol. The van der Waals surface area contributed by atoms with Crippen LogP contribution in [0, 0.1) is 5.41 Å². The molecule has 0 radical (unpaired) electrons. The van der Waals surface area contributed by atoms with E-state index in [0.717, 1.165) is 0 Å². The average Bonchev–Trinajstić information content (AvgIpc) is 2.65. The molecular weight excluding hydrogens is 246 g/mol. The van der Waals surface area contributed by atoms with Crippen molar-refractivity contribution in [2.24, 2.45) is 5.73 Å². The predicted molar refractivity (Wildman–Crippen MR) is 59.5 cm³/mol. The molecule has 2 aliphatic rings. The number of alkyl halides is 1. The van der Waals surface area contributed by atoms with Gasteiger partial charge in [0.15, 0.2) is 0 Å². The zero-order chi connectivity index (χ0) is 10.7. The fourth-order valence-corrected chi connectivity index (χ4v) is 1.64. The molecule has 0 unspecified atom stereocenters. The Kier molecular flexibility index (Phi) is 3.49. The molecule has 0 aromatic heterocycles. The van der Waals surface area contributed by atoms with E-state index in [2.05, 4.69) is 40.2 Å². The highest BCUT2D eigenvalue weighted by atomic mass is 79.9. The maximum atomic E-state index is 8.11. The Morgan fingerprint density at radius 2 is 1.86 bits per heavy atom. The number of nitrogens with two attached hydrogens (primary N) is 1. The van der Waals surface area contributed by atoms with E-state index in [1.807, 2.05) is 0 Å². The van der Waals surface area contributed by atoms with Crippen LogP contribution in [-0.4, -0.2) is 28.1 Å². The summed E-state index contributed by atoms with van der Waals surface area (Å²) < 4.78 is 0. The van der Waals surface area contributed by atoms with Gasteiger partial charge in [-0.1, -0.05) is 40.2 Å². The first kappa shape index (κ1) is 11.0. The third-order valence-corrected chi connectivity index (χ3v) is 2.93. The van der Waals surface area contributed by atoms with Crippen molar-refractivity contribution >= 4 is 21.9 Å². The van der Waals surface area contributed by atoms with Gasteiger partial charge >= 0.3 is 0 Å². The summed E-state index contributed by atoms with van der Waals surface area (Å²) in [4.78, 5) is 0.516. The molecule has 0 aromatic rings. The molecule has 0 spiro atoms. The topological polar surface area (TPSA) is 73.3 Å². The van der Waals surface area contributed by atoms with Gasteiger partial charge in [0.05, 0.1) is 4.83 Å². The standard InChI is InChI=1S/C7H5Br.C2H7N3O/c8-7-5-1-2-6(7)4-3-5;1-5(6)2(3)4/h1-4,7H;6H,1H3,(H3,3,4). The number of halogens is 1. The number of nitrogens with zero attached hydrogens (tertiary/aromatic N) is 1. The van der Waals surface area contributed by atoms with Crippen LogP contribution < -0.4 is 5.73 Å². The van der Waals surface area contributed by atoms with E-state index in [0.29, 0.717) is 9.89 Å². The summed E-state index contributed by atoms with van der Waals surface area (Å²) in [5.74, 6) is -0.352. The summed E-state index contributed by atoms with van der Waals surface area (Å²) in [6.45, 7) is 0. The Morgan fingerprint density at radius 3 is 1.93 bits per heavy atom. The number of rotatable bonds is 0. The van der Waals surface area contributed by atoms with Gasteiger partial charge in [-0.2, -0.15) is 0 Å². The minimum absolute atomic E-state index is 0.352. The molecule has 2 aliphatic carbocycles. The van der Waals surface area contributed by atoms with Crippen LogP contribution in [-0.2, 0) is 0 Å². The molecule has 4 N–H and O–H groups in total. The van der Waals surface area contributed by atoms with E-state index in [1.165, 1.54) is 18.2 Å². The van der Waals surface area contributed by atoms with Gasteiger partial charge < -0.3 is 5.73 Å². The van der Waals surface area contributed by atoms with Gasteiger partial charge in [-0.05, 0) is 11.1 Å². The highest BCUT2D eigenvalue weighted by Gasteiger charge is 2.20. The first-order valence-corrected chi connectivity index (χ1v) is 4.94. The van der Waals surface area contributed by atoms with Crippen molar-refractivity contribution in [1.82, 2.24) is 5.06 Å². The van der Waals surface area contributed by atoms with E-state index in [4.69, 9.17) is 16.4 Å². The van der Waals surface area contributed by atoms with Crippen LogP contribution in [0.4, 0.5) is 0 Å². The van der Waals surface area contributed by atoms with Crippen LogP contribution in [0.15, 0.2) is 35.5 Å². The lowest BCUT2D eigenvalue weighted by atomic mass is 10.3. The average molecular weight is 258 g/mol. The Bertz CT molecular complexity index is 309. The minimum atomic E-state index is -0.352. The lowest BCUT2D eigenvalue weighted by Gasteiger charge is -2.03. The third-order valence-electron chi connectivity index (χ3n) is 1.87. The SMILES string of the molecule is BrC1C2=CC=C1C=C2.CN(O)C(=N)N. The third kappa shape index (κ3) is 2.46. The second-order valence-corrected chi connectivity index (χ2v) is 3.85. The Balaban J connectivity index is 0.000000149. The maximum absolute atomic E-state index is 8.11. The Labute approximate surface area is 91.0 Å². The van der Waals surface area contributed by atoms with Crippen molar-refractivity contribution in [3.8, 4) is 0 Å². The molecule has 2 rings (SSSR count). The second-order valence-electron chi connectivity index (χ2n) is 2.94. The number of fused-ring (bicyclic) bond motifs is 2.